The van der Waals surface area contributed by atoms with E-state index in [2.05, 4.69) is 18.9 Å². The zero-order chi connectivity index (χ0) is 12.6. The fraction of sp³-hybridized carbons (Fsp3) is 0.692. The van der Waals surface area contributed by atoms with Crippen molar-refractivity contribution in [3.63, 3.8) is 0 Å². The summed E-state index contributed by atoms with van der Waals surface area (Å²) in [6.07, 6.45) is 2.23. The minimum absolute atomic E-state index is 0.00743. The Labute approximate surface area is 102 Å². The molecule has 1 aromatic rings. The highest BCUT2D eigenvalue weighted by Crippen LogP contribution is 2.35. The van der Waals surface area contributed by atoms with Crippen molar-refractivity contribution in [3.8, 4) is 0 Å². The molecule has 1 heterocycles. The van der Waals surface area contributed by atoms with Crippen molar-refractivity contribution in [2.24, 2.45) is 5.41 Å². The molecule has 4 nitrogen and oxygen atoms in total. The SMILES string of the molecule is CCc1c2c(nn1CCO)CC(C)(C)CC2=O. The summed E-state index contributed by atoms with van der Waals surface area (Å²) in [6.45, 7) is 6.77. The number of fused-ring (bicyclic) bond motifs is 1. The van der Waals surface area contributed by atoms with Crippen LogP contribution in [0.4, 0.5) is 0 Å². The lowest BCUT2D eigenvalue weighted by Gasteiger charge is -2.27. The lowest BCUT2D eigenvalue weighted by Crippen LogP contribution is -2.27. The van der Waals surface area contributed by atoms with Crippen LogP contribution in [-0.4, -0.2) is 27.3 Å². The van der Waals surface area contributed by atoms with E-state index in [1.165, 1.54) is 0 Å². The molecule has 0 atom stereocenters. The summed E-state index contributed by atoms with van der Waals surface area (Å²) in [6, 6.07) is 0. The minimum Gasteiger partial charge on any atom is -0.394 e. The van der Waals surface area contributed by atoms with Crippen LogP contribution in [-0.2, 0) is 19.4 Å². The van der Waals surface area contributed by atoms with Crippen molar-refractivity contribution >= 4 is 5.78 Å². The molecule has 0 saturated heterocycles. The standard InChI is InChI=1S/C13H20N2O2/c1-4-10-12-9(14-15(10)5-6-16)7-13(2,3)8-11(12)17/h16H,4-8H2,1-3H3. The summed E-state index contributed by atoms with van der Waals surface area (Å²) < 4.78 is 1.80. The zero-order valence-electron chi connectivity index (χ0n) is 10.8. The van der Waals surface area contributed by atoms with Gasteiger partial charge in [0.15, 0.2) is 5.78 Å². The van der Waals surface area contributed by atoms with E-state index in [-0.39, 0.29) is 17.8 Å². The Hall–Kier alpha value is -1.16. The second-order valence-electron chi connectivity index (χ2n) is 5.51. The number of rotatable bonds is 3. The fourth-order valence-electron chi connectivity index (χ4n) is 2.68. The van der Waals surface area contributed by atoms with Crippen LogP contribution in [0.5, 0.6) is 0 Å². The average molecular weight is 236 g/mol. The topological polar surface area (TPSA) is 55.1 Å². The second-order valence-corrected chi connectivity index (χ2v) is 5.51. The van der Waals surface area contributed by atoms with E-state index in [9.17, 15) is 4.79 Å². The number of carbonyl (C=O) groups excluding carboxylic acids is 1. The van der Waals surface area contributed by atoms with Gasteiger partial charge >= 0.3 is 0 Å². The molecule has 94 valence electrons. The summed E-state index contributed by atoms with van der Waals surface area (Å²) in [5.74, 6) is 0.206. The van der Waals surface area contributed by atoms with Gasteiger partial charge in [-0.3, -0.25) is 9.48 Å². The quantitative estimate of drug-likeness (QED) is 0.867. The molecule has 1 aliphatic rings. The van der Waals surface area contributed by atoms with Gasteiger partial charge in [0.1, 0.15) is 0 Å². The van der Waals surface area contributed by atoms with Crippen LogP contribution in [0.2, 0.25) is 0 Å². The number of nitrogens with zero attached hydrogens (tertiary/aromatic N) is 2. The monoisotopic (exact) mass is 236 g/mol. The normalized spacial score (nSPS) is 18.2. The number of aromatic nitrogens is 2. The molecule has 0 spiro atoms. The van der Waals surface area contributed by atoms with E-state index in [0.717, 1.165) is 29.8 Å². The highest BCUT2D eigenvalue weighted by atomic mass is 16.3. The number of carbonyl (C=O) groups is 1. The van der Waals surface area contributed by atoms with Crippen molar-refractivity contribution in [3.05, 3.63) is 17.0 Å². The smallest absolute Gasteiger partial charge is 0.167 e. The van der Waals surface area contributed by atoms with Gasteiger partial charge in [-0.05, 0) is 18.3 Å². The first kappa shape index (κ1) is 12.3. The predicted molar refractivity (Wildman–Crippen MR) is 65.1 cm³/mol. The zero-order valence-corrected chi connectivity index (χ0v) is 10.8. The van der Waals surface area contributed by atoms with Gasteiger partial charge in [-0.25, -0.2) is 0 Å². The van der Waals surface area contributed by atoms with Gasteiger partial charge in [-0.1, -0.05) is 20.8 Å². The highest BCUT2D eigenvalue weighted by Gasteiger charge is 2.35. The van der Waals surface area contributed by atoms with Crippen LogP contribution in [0.3, 0.4) is 0 Å². The van der Waals surface area contributed by atoms with Gasteiger partial charge in [0.2, 0.25) is 0 Å². The molecule has 0 amide bonds. The molecule has 17 heavy (non-hydrogen) atoms. The lowest BCUT2D eigenvalue weighted by molar-refractivity contribution is 0.0911. The first-order chi connectivity index (χ1) is 7.98. The van der Waals surface area contributed by atoms with Gasteiger partial charge in [0, 0.05) is 12.1 Å². The molecule has 0 saturated carbocycles. The van der Waals surface area contributed by atoms with Crippen LogP contribution in [0.25, 0.3) is 0 Å². The van der Waals surface area contributed by atoms with Crippen molar-refractivity contribution < 1.29 is 9.90 Å². The van der Waals surface area contributed by atoms with E-state index < -0.39 is 0 Å². The van der Waals surface area contributed by atoms with Crippen LogP contribution < -0.4 is 0 Å². The van der Waals surface area contributed by atoms with Crippen LogP contribution >= 0.6 is 0 Å². The maximum atomic E-state index is 12.2. The number of hydrogen-bond acceptors (Lipinski definition) is 3. The highest BCUT2D eigenvalue weighted by molar-refractivity contribution is 5.99. The van der Waals surface area contributed by atoms with Gasteiger partial charge < -0.3 is 5.11 Å². The number of aliphatic hydroxyl groups excluding tert-OH is 1. The molecule has 1 N–H and O–H groups in total. The molecular formula is C13H20N2O2. The van der Waals surface area contributed by atoms with Crippen molar-refractivity contribution in [1.29, 1.82) is 0 Å². The molecule has 0 aromatic carbocycles. The summed E-state index contributed by atoms with van der Waals surface area (Å²) in [7, 11) is 0. The third kappa shape index (κ3) is 2.14. The van der Waals surface area contributed by atoms with Crippen molar-refractivity contribution in [2.75, 3.05) is 6.61 Å². The summed E-state index contributed by atoms with van der Waals surface area (Å²) >= 11 is 0. The van der Waals surface area contributed by atoms with Crippen molar-refractivity contribution in [2.45, 2.75) is 46.6 Å². The molecule has 4 heteroatoms. The van der Waals surface area contributed by atoms with E-state index in [0.29, 0.717) is 13.0 Å². The molecule has 1 aliphatic carbocycles. The maximum Gasteiger partial charge on any atom is 0.167 e. The molecule has 0 bridgehead atoms. The molecule has 0 radical (unpaired) electrons. The first-order valence-electron chi connectivity index (χ1n) is 6.21. The molecule has 0 fully saturated rings. The lowest BCUT2D eigenvalue weighted by atomic mass is 9.75. The van der Waals surface area contributed by atoms with Crippen LogP contribution in [0, 0.1) is 5.41 Å². The summed E-state index contributed by atoms with van der Waals surface area (Å²) in [4.78, 5) is 12.2. The van der Waals surface area contributed by atoms with Gasteiger partial charge in [0.25, 0.3) is 0 Å². The van der Waals surface area contributed by atoms with Crippen molar-refractivity contribution in [1.82, 2.24) is 9.78 Å². The molecule has 0 aliphatic heterocycles. The largest absolute Gasteiger partial charge is 0.394 e. The minimum atomic E-state index is 0.00743. The predicted octanol–water partition coefficient (Wildman–Crippen LogP) is 1.59. The molecule has 2 rings (SSSR count). The molecule has 0 unspecified atom stereocenters. The third-order valence-electron chi connectivity index (χ3n) is 3.34. The Balaban J connectivity index is 2.49. The van der Waals surface area contributed by atoms with Crippen LogP contribution in [0.1, 0.15) is 48.9 Å². The van der Waals surface area contributed by atoms with Gasteiger partial charge in [0.05, 0.1) is 24.4 Å². The summed E-state index contributed by atoms with van der Waals surface area (Å²) in [5, 5.41) is 13.5. The maximum absolute atomic E-state index is 12.2. The van der Waals surface area contributed by atoms with E-state index in [4.69, 9.17) is 5.11 Å². The van der Waals surface area contributed by atoms with E-state index in [1.807, 2.05) is 6.92 Å². The Bertz CT molecular complexity index is 447. The number of ketones is 1. The Morgan fingerprint density at radius 1 is 1.41 bits per heavy atom. The van der Waals surface area contributed by atoms with E-state index >= 15 is 0 Å². The number of hydrogen-bond donors (Lipinski definition) is 1. The Morgan fingerprint density at radius 3 is 2.71 bits per heavy atom. The summed E-state index contributed by atoms with van der Waals surface area (Å²) in [5.41, 5.74) is 2.72. The third-order valence-corrected chi connectivity index (χ3v) is 3.34. The second kappa shape index (κ2) is 4.26. The first-order valence-corrected chi connectivity index (χ1v) is 6.21. The number of aliphatic hydroxyl groups is 1. The number of Topliss-reactive ketones (excluding diaryl/α,β-unsaturated/α-hetero) is 1. The van der Waals surface area contributed by atoms with Gasteiger partial charge in [-0.2, -0.15) is 5.10 Å². The van der Waals surface area contributed by atoms with Gasteiger partial charge in [-0.15, -0.1) is 0 Å². The van der Waals surface area contributed by atoms with E-state index in [1.54, 1.807) is 4.68 Å². The molecular weight excluding hydrogens is 216 g/mol. The molecule has 1 aromatic heterocycles. The fourth-order valence-corrected chi connectivity index (χ4v) is 2.68. The van der Waals surface area contributed by atoms with Crippen LogP contribution in [0.15, 0.2) is 0 Å². The Morgan fingerprint density at radius 2 is 2.12 bits per heavy atom. The average Bonchev–Trinajstić information content (AvgIpc) is 2.54. The Kier molecular flexibility index (Phi) is 3.08.